The van der Waals surface area contributed by atoms with Gasteiger partial charge >= 0.3 is 6.61 Å². The van der Waals surface area contributed by atoms with Gasteiger partial charge in [0.05, 0.1) is 17.1 Å². The minimum absolute atomic E-state index is 0.0150. The minimum atomic E-state index is -2.97. The molecule has 0 spiro atoms. The molecule has 0 atom stereocenters. The summed E-state index contributed by atoms with van der Waals surface area (Å²) < 4.78 is 44.3. The van der Waals surface area contributed by atoms with Crippen LogP contribution in [0.5, 0.6) is 5.75 Å². The number of hydrogen-bond acceptors (Lipinski definition) is 6. The van der Waals surface area contributed by atoms with E-state index in [9.17, 15) is 18.0 Å². The average Bonchev–Trinajstić information content (AvgIpc) is 3.35. The maximum Gasteiger partial charge on any atom is 0.387 e. The van der Waals surface area contributed by atoms with Crippen molar-refractivity contribution in [2.45, 2.75) is 13.5 Å². The zero-order chi connectivity index (χ0) is 22.0. The highest BCUT2D eigenvalue weighted by Gasteiger charge is 2.20. The van der Waals surface area contributed by atoms with E-state index in [0.717, 1.165) is 11.3 Å². The first-order chi connectivity index (χ1) is 14.9. The van der Waals surface area contributed by atoms with Gasteiger partial charge in [-0.05, 0) is 43.3 Å². The van der Waals surface area contributed by atoms with Gasteiger partial charge in [-0.15, -0.1) is 16.4 Å². The van der Waals surface area contributed by atoms with Crippen LogP contribution in [0, 0.1) is 12.7 Å². The second kappa shape index (κ2) is 8.56. The highest BCUT2D eigenvalue weighted by molar-refractivity contribution is 7.14. The molecule has 4 aromatic rings. The summed E-state index contributed by atoms with van der Waals surface area (Å²) in [6.45, 7) is -1.31. The smallest absolute Gasteiger partial charge is 0.387 e. The lowest BCUT2D eigenvalue weighted by Gasteiger charge is -2.08. The van der Waals surface area contributed by atoms with E-state index in [2.05, 4.69) is 25.3 Å². The van der Waals surface area contributed by atoms with E-state index < -0.39 is 12.5 Å². The highest BCUT2D eigenvalue weighted by atomic mass is 32.1. The zero-order valence-electron chi connectivity index (χ0n) is 15.9. The number of para-hydroxylation sites is 1. The predicted molar refractivity (Wildman–Crippen MR) is 108 cm³/mol. The highest BCUT2D eigenvalue weighted by Crippen LogP contribution is 2.33. The van der Waals surface area contributed by atoms with Crippen molar-refractivity contribution in [1.29, 1.82) is 0 Å². The molecule has 0 fully saturated rings. The van der Waals surface area contributed by atoms with Gasteiger partial charge in [-0.1, -0.05) is 17.3 Å². The molecule has 0 aliphatic carbocycles. The Bertz CT molecular complexity index is 1220. The molecule has 2 heterocycles. The molecule has 0 bridgehead atoms. The first kappa shape index (κ1) is 20.5. The number of rotatable bonds is 6. The molecule has 31 heavy (non-hydrogen) atoms. The zero-order valence-corrected chi connectivity index (χ0v) is 16.7. The number of thiazole rings is 1. The first-order valence-electron chi connectivity index (χ1n) is 8.91. The van der Waals surface area contributed by atoms with Crippen LogP contribution in [-0.2, 0) is 0 Å². The van der Waals surface area contributed by atoms with Gasteiger partial charge in [-0.2, -0.15) is 8.78 Å². The van der Waals surface area contributed by atoms with Crippen molar-refractivity contribution >= 4 is 22.4 Å². The fourth-order valence-corrected chi connectivity index (χ4v) is 3.56. The van der Waals surface area contributed by atoms with E-state index in [-0.39, 0.29) is 22.4 Å². The third kappa shape index (κ3) is 4.40. The van der Waals surface area contributed by atoms with Crippen molar-refractivity contribution in [2.24, 2.45) is 0 Å². The van der Waals surface area contributed by atoms with Gasteiger partial charge in [0.1, 0.15) is 11.6 Å². The second-order valence-corrected chi connectivity index (χ2v) is 7.14. The molecule has 2 aromatic carbocycles. The Hall–Kier alpha value is -3.73. The van der Waals surface area contributed by atoms with E-state index in [1.54, 1.807) is 30.5 Å². The van der Waals surface area contributed by atoms with Gasteiger partial charge in [0.25, 0.3) is 5.91 Å². The Kier molecular flexibility index (Phi) is 5.67. The molecular weight excluding hydrogens is 431 g/mol. The van der Waals surface area contributed by atoms with Gasteiger partial charge in [0.15, 0.2) is 10.8 Å². The summed E-state index contributed by atoms with van der Waals surface area (Å²) in [6.07, 6.45) is 0. The van der Waals surface area contributed by atoms with E-state index >= 15 is 0 Å². The van der Waals surface area contributed by atoms with Crippen LogP contribution in [0.25, 0.3) is 16.9 Å². The number of aromatic nitrogens is 4. The van der Waals surface area contributed by atoms with Gasteiger partial charge in [-0.25, -0.2) is 14.1 Å². The number of hydrogen-bond donors (Lipinski definition) is 1. The molecule has 0 unspecified atom stereocenters. The number of carbonyl (C=O) groups excluding carboxylic acids is 1. The van der Waals surface area contributed by atoms with Crippen molar-refractivity contribution in [3.05, 3.63) is 71.1 Å². The van der Waals surface area contributed by atoms with Gasteiger partial charge < -0.3 is 4.74 Å². The van der Waals surface area contributed by atoms with Crippen molar-refractivity contribution in [1.82, 2.24) is 20.0 Å². The molecule has 1 N–H and O–H groups in total. The van der Waals surface area contributed by atoms with Crippen molar-refractivity contribution < 1.29 is 22.7 Å². The fourth-order valence-electron chi connectivity index (χ4n) is 2.85. The van der Waals surface area contributed by atoms with Crippen molar-refractivity contribution in [3.63, 3.8) is 0 Å². The lowest BCUT2D eigenvalue weighted by Crippen LogP contribution is -2.14. The van der Waals surface area contributed by atoms with Crippen LogP contribution in [0.15, 0.2) is 53.9 Å². The number of nitrogens with zero attached hydrogens (tertiary/aromatic N) is 4. The number of carbonyl (C=O) groups is 1. The average molecular weight is 445 g/mol. The quantitative estimate of drug-likeness (QED) is 0.466. The monoisotopic (exact) mass is 445 g/mol. The molecule has 0 radical (unpaired) electrons. The largest absolute Gasteiger partial charge is 0.434 e. The molecule has 1 amide bonds. The van der Waals surface area contributed by atoms with Crippen LogP contribution in [0.3, 0.4) is 0 Å². The van der Waals surface area contributed by atoms with Gasteiger partial charge in [0.2, 0.25) is 0 Å². The lowest BCUT2D eigenvalue weighted by atomic mass is 10.1. The molecule has 0 aliphatic rings. The number of nitrogens with one attached hydrogen (secondary N) is 1. The molecule has 0 aliphatic heterocycles. The molecular formula is C20H14F3N5O2S. The fraction of sp³-hybridized carbons (Fsp3) is 0.100. The Morgan fingerprint density at radius 3 is 2.65 bits per heavy atom. The SMILES string of the molecule is Cc1c(C(=O)Nc2nc(-c3ccccc3OC(F)F)cs2)nnn1-c1ccc(F)cc1. The van der Waals surface area contributed by atoms with Crippen LogP contribution in [0.4, 0.5) is 18.3 Å². The van der Waals surface area contributed by atoms with Gasteiger partial charge in [-0.3, -0.25) is 10.1 Å². The number of ether oxygens (including phenoxy) is 1. The maximum atomic E-state index is 13.1. The number of benzene rings is 2. The van der Waals surface area contributed by atoms with Crippen LogP contribution >= 0.6 is 11.3 Å². The topological polar surface area (TPSA) is 81.9 Å². The summed E-state index contributed by atoms with van der Waals surface area (Å²) in [7, 11) is 0. The summed E-state index contributed by atoms with van der Waals surface area (Å²) in [5.74, 6) is -0.942. The molecule has 4 rings (SSSR count). The molecule has 0 saturated carbocycles. The summed E-state index contributed by atoms with van der Waals surface area (Å²) in [5, 5.41) is 12.3. The van der Waals surface area contributed by atoms with Crippen molar-refractivity contribution in [2.75, 3.05) is 5.32 Å². The Morgan fingerprint density at radius 1 is 1.16 bits per heavy atom. The van der Waals surface area contributed by atoms with E-state index in [1.165, 1.54) is 35.0 Å². The molecule has 0 saturated heterocycles. The summed E-state index contributed by atoms with van der Waals surface area (Å²) >= 11 is 1.12. The first-order valence-corrected chi connectivity index (χ1v) is 9.79. The maximum absolute atomic E-state index is 13.1. The van der Waals surface area contributed by atoms with Gasteiger partial charge in [0, 0.05) is 10.9 Å². The Morgan fingerprint density at radius 2 is 1.90 bits per heavy atom. The Balaban J connectivity index is 1.54. The van der Waals surface area contributed by atoms with Crippen LogP contribution < -0.4 is 10.1 Å². The van der Waals surface area contributed by atoms with Crippen LogP contribution in [-0.4, -0.2) is 32.5 Å². The minimum Gasteiger partial charge on any atom is -0.434 e. The normalized spacial score (nSPS) is 11.0. The number of amides is 1. The van der Waals surface area contributed by atoms with E-state index in [1.807, 2.05) is 0 Å². The number of halogens is 3. The molecule has 7 nitrogen and oxygen atoms in total. The van der Waals surface area contributed by atoms with E-state index in [0.29, 0.717) is 22.6 Å². The van der Waals surface area contributed by atoms with Crippen molar-refractivity contribution in [3.8, 4) is 22.7 Å². The lowest BCUT2D eigenvalue weighted by molar-refractivity contribution is -0.0494. The molecule has 158 valence electrons. The van der Waals surface area contributed by atoms with E-state index in [4.69, 9.17) is 0 Å². The van der Waals surface area contributed by atoms with Crippen LogP contribution in [0.1, 0.15) is 16.2 Å². The molecule has 2 aromatic heterocycles. The number of anilines is 1. The van der Waals surface area contributed by atoms with Crippen LogP contribution in [0.2, 0.25) is 0 Å². The third-order valence-corrected chi connectivity index (χ3v) is 5.04. The third-order valence-electron chi connectivity index (χ3n) is 4.28. The Labute approximate surface area is 178 Å². The standard InChI is InChI=1S/C20H14F3N5O2S/c1-11-17(26-27-28(11)13-8-6-12(21)7-9-13)18(29)25-20-24-15(10-31-20)14-4-2-3-5-16(14)30-19(22)23/h2-10,19H,1H3,(H,24,25,29). The predicted octanol–water partition coefficient (Wildman–Crippen LogP) is 4.69. The summed E-state index contributed by atoms with van der Waals surface area (Å²) in [5.41, 5.74) is 1.83. The summed E-state index contributed by atoms with van der Waals surface area (Å²) in [6, 6.07) is 11.8. The second-order valence-electron chi connectivity index (χ2n) is 6.28. The summed E-state index contributed by atoms with van der Waals surface area (Å²) in [4.78, 5) is 16.9. The molecule has 11 heteroatoms. The number of alkyl halides is 2.